The van der Waals surface area contributed by atoms with Gasteiger partial charge in [-0.25, -0.2) is 9.78 Å². The fraction of sp³-hybridized carbons (Fsp3) is 0.176. The van der Waals surface area contributed by atoms with E-state index in [2.05, 4.69) is 4.98 Å². The van der Waals surface area contributed by atoms with Crippen LogP contribution in [-0.2, 0) is 9.53 Å². The average molecular weight is 425 g/mol. The number of ether oxygens (including phenoxy) is 1. The van der Waals surface area contributed by atoms with Gasteiger partial charge in [-0.05, 0) is 19.1 Å². The molecule has 0 saturated heterocycles. The number of esters is 1. The summed E-state index contributed by atoms with van der Waals surface area (Å²) >= 11 is 14.5. The van der Waals surface area contributed by atoms with E-state index >= 15 is 0 Å². The van der Waals surface area contributed by atoms with Crippen molar-refractivity contribution >= 4 is 67.7 Å². The Bertz CT molecular complexity index is 1050. The number of carbonyl (C=O) groups is 2. The molecule has 3 rings (SSSR count). The van der Waals surface area contributed by atoms with Gasteiger partial charge in [-0.1, -0.05) is 29.3 Å². The molecule has 5 nitrogen and oxygen atoms in total. The number of aromatic nitrogens is 1. The van der Waals surface area contributed by atoms with Crippen LogP contribution in [-0.4, -0.2) is 23.3 Å². The molecule has 2 aromatic heterocycles. The van der Waals surface area contributed by atoms with Crippen LogP contribution in [0, 0.1) is 18.3 Å². The fourth-order valence-corrected chi connectivity index (χ4v) is 4.76. The molecule has 132 valence electrons. The Labute approximate surface area is 166 Å². The molecule has 0 saturated carbocycles. The van der Waals surface area contributed by atoms with Gasteiger partial charge in [0.25, 0.3) is 0 Å². The van der Waals surface area contributed by atoms with E-state index in [-0.39, 0.29) is 9.90 Å². The quantitative estimate of drug-likeness (QED) is 0.537. The lowest BCUT2D eigenvalue weighted by Crippen LogP contribution is -2.19. The van der Waals surface area contributed by atoms with Gasteiger partial charge in [0.05, 0.1) is 11.1 Å². The number of nitrogens with zero attached hydrogens (tertiary/aromatic N) is 2. The van der Waals surface area contributed by atoms with Gasteiger partial charge in [0.2, 0.25) is 0 Å². The molecule has 0 aliphatic heterocycles. The van der Waals surface area contributed by atoms with Crippen molar-refractivity contribution in [2.45, 2.75) is 12.8 Å². The van der Waals surface area contributed by atoms with Gasteiger partial charge < -0.3 is 4.74 Å². The van der Waals surface area contributed by atoms with Gasteiger partial charge in [-0.2, -0.15) is 5.26 Å². The Kier molecular flexibility index (Phi) is 5.58. The van der Waals surface area contributed by atoms with Crippen LogP contribution in [0.25, 0.3) is 10.1 Å². The molecule has 0 aliphatic carbocycles. The molecule has 0 fully saturated rings. The number of halogens is 2. The van der Waals surface area contributed by atoms with Crippen molar-refractivity contribution in [3.05, 3.63) is 49.2 Å². The third-order valence-electron chi connectivity index (χ3n) is 3.46. The summed E-state index contributed by atoms with van der Waals surface area (Å²) in [6, 6.07) is 7.00. The van der Waals surface area contributed by atoms with E-state index in [4.69, 9.17) is 27.9 Å². The number of thiazole rings is 1. The Balaban J connectivity index is 1.73. The number of Topliss-reactive ketones (excluding diaryl/α,β-unsaturated/α-hetero) is 1. The van der Waals surface area contributed by atoms with Crippen molar-refractivity contribution in [1.29, 1.82) is 5.26 Å². The molecule has 26 heavy (non-hydrogen) atoms. The molecule has 3 aromatic rings. The zero-order valence-corrected chi connectivity index (χ0v) is 16.4. The van der Waals surface area contributed by atoms with Crippen molar-refractivity contribution in [2.75, 3.05) is 6.61 Å². The van der Waals surface area contributed by atoms with Crippen molar-refractivity contribution in [2.24, 2.45) is 0 Å². The maximum atomic E-state index is 12.3. The maximum Gasteiger partial charge on any atom is 0.350 e. The second-order valence-corrected chi connectivity index (χ2v) is 8.07. The zero-order valence-electron chi connectivity index (χ0n) is 13.3. The number of carbonyl (C=O) groups excluding carboxylic acids is 2. The van der Waals surface area contributed by atoms with E-state index in [0.717, 1.165) is 21.7 Å². The Morgan fingerprint density at radius 1 is 1.38 bits per heavy atom. The number of nitriles is 1. The number of benzene rings is 1. The Hall–Kier alpha value is -1.98. The van der Waals surface area contributed by atoms with E-state index in [9.17, 15) is 14.9 Å². The average Bonchev–Trinajstić information content (AvgIpc) is 3.17. The molecule has 0 spiro atoms. The lowest BCUT2D eigenvalue weighted by Gasteiger charge is -2.06. The third-order valence-corrected chi connectivity index (χ3v) is 6.36. The van der Waals surface area contributed by atoms with Crippen LogP contribution in [0.2, 0.25) is 10.0 Å². The SMILES string of the molecule is Cc1csc([C@@H](C#N)C(=O)COC(=O)c2sc3cc(Cl)ccc3c2Cl)n1. The minimum atomic E-state index is -1.06. The Morgan fingerprint density at radius 3 is 2.81 bits per heavy atom. The number of fused-ring (bicyclic) bond motifs is 1. The first-order chi connectivity index (χ1) is 12.4. The highest BCUT2D eigenvalue weighted by Gasteiger charge is 2.26. The van der Waals surface area contributed by atoms with Crippen molar-refractivity contribution < 1.29 is 14.3 Å². The zero-order chi connectivity index (χ0) is 18.8. The minimum Gasteiger partial charge on any atom is -0.453 e. The molecule has 1 aromatic carbocycles. The van der Waals surface area contributed by atoms with Gasteiger partial charge in [0, 0.05) is 26.2 Å². The number of hydrogen-bond acceptors (Lipinski definition) is 7. The van der Waals surface area contributed by atoms with E-state index < -0.39 is 24.3 Å². The molecule has 0 amide bonds. The molecule has 0 aliphatic rings. The highest BCUT2D eigenvalue weighted by molar-refractivity contribution is 7.21. The highest BCUT2D eigenvalue weighted by atomic mass is 35.5. The molecule has 9 heteroatoms. The van der Waals surface area contributed by atoms with E-state index in [1.54, 1.807) is 30.5 Å². The summed E-state index contributed by atoms with van der Waals surface area (Å²) in [6.07, 6.45) is 0. The van der Waals surface area contributed by atoms with Gasteiger partial charge in [-0.15, -0.1) is 22.7 Å². The van der Waals surface area contributed by atoms with Gasteiger partial charge in [0.15, 0.2) is 18.3 Å². The molecule has 1 atom stereocenters. The molecule has 0 bridgehead atoms. The standard InChI is InChI=1S/C17H10Cl2N2O3S2/c1-8-7-25-16(21-8)11(5-20)12(22)6-24-17(23)15-14(19)10-3-2-9(18)4-13(10)26-15/h2-4,7,11H,6H2,1H3/t11-/m0/s1. The third kappa shape index (κ3) is 3.74. The number of aryl methyl sites for hydroxylation is 1. The predicted molar refractivity (Wildman–Crippen MR) is 102 cm³/mol. The topological polar surface area (TPSA) is 80.0 Å². The van der Waals surface area contributed by atoms with Crippen LogP contribution in [0.4, 0.5) is 0 Å². The number of ketones is 1. The number of rotatable bonds is 5. The smallest absolute Gasteiger partial charge is 0.350 e. The summed E-state index contributed by atoms with van der Waals surface area (Å²) in [7, 11) is 0. The normalized spacial score (nSPS) is 11.9. The molecule has 0 unspecified atom stereocenters. The molecular weight excluding hydrogens is 415 g/mol. The monoisotopic (exact) mass is 424 g/mol. The van der Waals surface area contributed by atoms with Gasteiger partial charge >= 0.3 is 5.97 Å². The minimum absolute atomic E-state index is 0.190. The second kappa shape index (κ2) is 7.72. The maximum absolute atomic E-state index is 12.3. The summed E-state index contributed by atoms with van der Waals surface area (Å²) in [5, 5.41) is 12.8. The fourth-order valence-electron chi connectivity index (χ4n) is 2.23. The number of hydrogen-bond donors (Lipinski definition) is 0. The first-order valence-electron chi connectivity index (χ1n) is 7.29. The lowest BCUT2D eigenvalue weighted by molar-refractivity contribution is -0.122. The van der Waals surface area contributed by atoms with Gasteiger partial charge in [0.1, 0.15) is 9.88 Å². The van der Waals surface area contributed by atoms with E-state index in [0.29, 0.717) is 15.4 Å². The van der Waals surface area contributed by atoms with Crippen LogP contribution < -0.4 is 0 Å². The second-order valence-electron chi connectivity index (χ2n) is 5.32. The highest BCUT2D eigenvalue weighted by Crippen LogP contribution is 2.37. The van der Waals surface area contributed by atoms with Crippen molar-refractivity contribution in [3.63, 3.8) is 0 Å². The Morgan fingerprint density at radius 2 is 2.15 bits per heavy atom. The summed E-state index contributed by atoms with van der Waals surface area (Å²) in [6.45, 7) is 1.25. The van der Waals surface area contributed by atoms with E-state index in [1.807, 2.05) is 6.07 Å². The van der Waals surface area contributed by atoms with Crippen LogP contribution in [0.5, 0.6) is 0 Å². The lowest BCUT2D eigenvalue weighted by atomic mass is 10.1. The molecule has 2 heterocycles. The van der Waals surface area contributed by atoms with Crippen molar-refractivity contribution in [1.82, 2.24) is 4.98 Å². The van der Waals surface area contributed by atoms with Crippen LogP contribution in [0.15, 0.2) is 23.6 Å². The summed E-state index contributed by atoms with van der Waals surface area (Å²) in [5.74, 6) is -2.30. The molecule has 0 radical (unpaired) electrons. The predicted octanol–water partition coefficient (Wildman–Crippen LogP) is 5.01. The van der Waals surface area contributed by atoms with E-state index in [1.165, 1.54) is 11.3 Å². The summed E-state index contributed by atoms with van der Waals surface area (Å²) in [5.41, 5.74) is 0.728. The first kappa shape index (κ1) is 18.8. The number of thiophene rings is 1. The van der Waals surface area contributed by atoms with Crippen LogP contribution in [0.1, 0.15) is 26.3 Å². The molecular formula is C17H10Cl2N2O3S2. The van der Waals surface area contributed by atoms with Crippen molar-refractivity contribution in [3.8, 4) is 6.07 Å². The first-order valence-corrected chi connectivity index (χ1v) is 9.75. The van der Waals surface area contributed by atoms with Crippen LogP contribution >= 0.6 is 45.9 Å². The summed E-state index contributed by atoms with van der Waals surface area (Å²) in [4.78, 5) is 28.9. The summed E-state index contributed by atoms with van der Waals surface area (Å²) < 4.78 is 5.82. The van der Waals surface area contributed by atoms with Gasteiger partial charge in [-0.3, -0.25) is 4.79 Å². The largest absolute Gasteiger partial charge is 0.453 e. The van der Waals surface area contributed by atoms with Crippen LogP contribution in [0.3, 0.4) is 0 Å². The molecule has 0 N–H and O–H groups in total.